The minimum Gasteiger partial charge on any atom is -0.497 e. The van der Waals surface area contributed by atoms with Crippen molar-refractivity contribution in [1.82, 2.24) is 4.72 Å². The van der Waals surface area contributed by atoms with Crippen molar-refractivity contribution >= 4 is 21.6 Å². The minimum atomic E-state index is -3.61. The first kappa shape index (κ1) is 14.2. The first-order chi connectivity index (χ1) is 8.01. The zero-order valence-electron chi connectivity index (χ0n) is 9.57. The molecule has 0 radical (unpaired) electrons. The Labute approximate surface area is 106 Å². The molecule has 0 aliphatic carbocycles. The van der Waals surface area contributed by atoms with Gasteiger partial charge in [-0.2, -0.15) is 0 Å². The first-order valence-electron chi connectivity index (χ1n) is 4.83. The molecular weight excluding hydrogens is 266 g/mol. The average Bonchev–Trinajstić information content (AvgIpc) is 2.28. The lowest BCUT2D eigenvalue weighted by Crippen LogP contribution is -2.27. The standard InChI is InChI=1S/C10H14ClNO4S/c1-15-6-5-12-17(13,14)10-4-3-8(16-2)7-9(10)11/h3-4,7,12H,5-6H2,1-2H3. The van der Waals surface area contributed by atoms with Crippen LogP contribution in [-0.2, 0) is 14.8 Å². The fourth-order valence-corrected chi connectivity index (χ4v) is 2.73. The van der Waals surface area contributed by atoms with E-state index in [0.717, 1.165) is 0 Å². The third kappa shape index (κ3) is 3.85. The van der Waals surface area contributed by atoms with Gasteiger partial charge in [0.05, 0.1) is 18.7 Å². The van der Waals surface area contributed by atoms with E-state index < -0.39 is 10.0 Å². The van der Waals surface area contributed by atoms with E-state index in [1.807, 2.05) is 0 Å². The van der Waals surface area contributed by atoms with Gasteiger partial charge in [-0.05, 0) is 12.1 Å². The summed E-state index contributed by atoms with van der Waals surface area (Å²) in [7, 11) is -0.628. The van der Waals surface area contributed by atoms with E-state index in [-0.39, 0.29) is 16.5 Å². The maximum absolute atomic E-state index is 11.8. The molecule has 0 aromatic heterocycles. The van der Waals surface area contributed by atoms with Crippen molar-refractivity contribution in [2.45, 2.75) is 4.90 Å². The topological polar surface area (TPSA) is 64.6 Å². The Morgan fingerprint density at radius 1 is 1.35 bits per heavy atom. The van der Waals surface area contributed by atoms with Crippen molar-refractivity contribution in [3.8, 4) is 5.75 Å². The Hall–Kier alpha value is -0.820. The summed E-state index contributed by atoms with van der Waals surface area (Å²) < 4.78 is 35.7. The molecule has 0 aliphatic heterocycles. The van der Waals surface area contributed by atoms with Gasteiger partial charge < -0.3 is 9.47 Å². The lowest BCUT2D eigenvalue weighted by molar-refractivity contribution is 0.204. The maximum Gasteiger partial charge on any atom is 0.242 e. The molecule has 0 fully saturated rings. The second-order valence-corrected chi connectivity index (χ2v) is 5.33. The van der Waals surface area contributed by atoms with Crippen LogP contribution in [-0.4, -0.2) is 35.8 Å². The van der Waals surface area contributed by atoms with Gasteiger partial charge in [0.25, 0.3) is 0 Å². The highest BCUT2D eigenvalue weighted by Crippen LogP contribution is 2.25. The number of rotatable bonds is 6. The molecule has 0 unspecified atom stereocenters. The van der Waals surface area contributed by atoms with Crippen LogP contribution in [0.3, 0.4) is 0 Å². The third-order valence-corrected chi connectivity index (χ3v) is 3.97. The molecule has 0 saturated heterocycles. The molecule has 1 N–H and O–H groups in total. The quantitative estimate of drug-likeness (QED) is 0.797. The highest BCUT2D eigenvalue weighted by Gasteiger charge is 2.17. The van der Waals surface area contributed by atoms with Crippen LogP contribution in [0.25, 0.3) is 0 Å². The summed E-state index contributed by atoms with van der Waals surface area (Å²) in [5.41, 5.74) is 0. The Balaban J connectivity index is 2.91. The molecule has 1 rings (SSSR count). The van der Waals surface area contributed by atoms with E-state index >= 15 is 0 Å². The molecule has 0 saturated carbocycles. The zero-order chi connectivity index (χ0) is 12.9. The van der Waals surface area contributed by atoms with E-state index in [1.54, 1.807) is 0 Å². The van der Waals surface area contributed by atoms with Gasteiger partial charge in [0.15, 0.2) is 0 Å². The van der Waals surface area contributed by atoms with E-state index in [9.17, 15) is 8.42 Å². The molecule has 1 aromatic carbocycles. The fourth-order valence-electron chi connectivity index (χ4n) is 1.18. The van der Waals surface area contributed by atoms with Crippen LogP contribution < -0.4 is 9.46 Å². The number of nitrogens with one attached hydrogen (secondary N) is 1. The molecular formula is C10H14ClNO4S. The maximum atomic E-state index is 11.8. The molecule has 5 nitrogen and oxygen atoms in total. The Bertz CT molecular complexity index is 475. The summed E-state index contributed by atoms with van der Waals surface area (Å²) in [6.45, 7) is 0.494. The molecule has 0 amide bonds. The molecule has 0 heterocycles. The van der Waals surface area contributed by atoms with E-state index in [4.69, 9.17) is 21.1 Å². The van der Waals surface area contributed by atoms with Crippen LogP contribution in [0.15, 0.2) is 23.1 Å². The Kier molecular flexibility index (Phi) is 5.20. The predicted molar refractivity (Wildman–Crippen MR) is 65.1 cm³/mol. The van der Waals surface area contributed by atoms with Gasteiger partial charge in [-0.25, -0.2) is 13.1 Å². The zero-order valence-corrected chi connectivity index (χ0v) is 11.1. The van der Waals surface area contributed by atoms with E-state index in [2.05, 4.69) is 4.72 Å². The van der Waals surface area contributed by atoms with Gasteiger partial charge in [0.1, 0.15) is 10.6 Å². The number of halogens is 1. The fraction of sp³-hybridized carbons (Fsp3) is 0.400. The monoisotopic (exact) mass is 279 g/mol. The molecule has 0 aliphatic rings. The number of hydrogen-bond donors (Lipinski definition) is 1. The van der Waals surface area contributed by atoms with Crippen molar-refractivity contribution in [2.24, 2.45) is 0 Å². The van der Waals surface area contributed by atoms with Gasteiger partial charge in [0.2, 0.25) is 10.0 Å². The minimum absolute atomic E-state index is 0.0241. The van der Waals surface area contributed by atoms with E-state index in [0.29, 0.717) is 12.4 Å². The highest BCUT2D eigenvalue weighted by atomic mass is 35.5. The summed E-state index contributed by atoms with van der Waals surface area (Å²) in [5, 5.41) is 0.120. The summed E-state index contributed by atoms with van der Waals surface area (Å²) >= 11 is 5.88. The van der Waals surface area contributed by atoms with Crippen LogP contribution in [0, 0.1) is 0 Å². The van der Waals surface area contributed by atoms with Crippen molar-refractivity contribution < 1.29 is 17.9 Å². The number of hydrogen-bond acceptors (Lipinski definition) is 4. The normalized spacial score (nSPS) is 11.5. The largest absolute Gasteiger partial charge is 0.497 e. The van der Waals surface area contributed by atoms with Crippen molar-refractivity contribution in [1.29, 1.82) is 0 Å². The summed E-state index contributed by atoms with van der Waals surface area (Å²) in [6.07, 6.45) is 0. The molecule has 7 heteroatoms. The first-order valence-corrected chi connectivity index (χ1v) is 6.69. The Morgan fingerprint density at radius 2 is 2.06 bits per heavy atom. The lowest BCUT2D eigenvalue weighted by Gasteiger charge is -2.09. The number of ether oxygens (including phenoxy) is 2. The molecule has 0 bridgehead atoms. The van der Waals surface area contributed by atoms with E-state index in [1.165, 1.54) is 32.4 Å². The molecule has 17 heavy (non-hydrogen) atoms. The molecule has 96 valence electrons. The second-order valence-electron chi connectivity index (χ2n) is 3.19. The van der Waals surface area contributed by atoms with Crippen LogP contribution in [0.1, 0.15) is 0 Å². The van der Waals surface area contributed by atoms with Crippen molar-refractivity contribution in [3.63, 3.8) is 0 Å². The highest BCUT2D eigenvalue weighted by molar-refractivity contribution is 7.89. The summed E-state index contributed by atoms with van der Waals surface area (Å²) in [6, 6.07) is 4.39. The van der Waals surface area contributed by atoms with Crippen molar-refractivity contribution in [2.75, 3.05) is 27.4 Å². The van der Waals surface area contributed by atoms with Crippen molar-refractivity contribution in [3.05, 3.63) is 23.2 Å². The summed E-state index contributed by atoms with van der Waals surface area (Å²) in [5.74, 6) is 0.505. The van der Waals surface area contributed by atoms with Gasteiger partial charge in [-0.15, -0.1) is 0 Å². The van der Waals surface area contributed by atoms with Crippen LogP contribution >= 0.6 is 11.6 Å². The molecule has 0 atom stereocenters. The molecule has 0 spiro atoms. The number of benzene rings is 1. The smallest absolute Gasteiger partial charge is 0.242 e. The Morgan fingerprint density at radius 3 is 2.59 bits per heavy atom. The van der Waals surface area contributed by atoms with Crippen LogP contribution in [0.2, 0.25) is 5.02 Å². The van der Waals surface area contributed by atoms with Gasteiger partial charge in [0, 0.05) is 19.7 Å². The average molecular weight is 280 g/mol. The summed E-state index contributed by atoms with van der Waals surface area (Å²) in [4.78, 5) is 0.0241. The van der Waals surface area contributed by atoms with Crippen LogP contribution in [0.5, 0.6) is 5.75 Å². The SMILES string of the molecule is COCCNS(=O)(=O)c1ccc(OC)cc1Cl. The van der Waals surface area contributed by atoms with Gasteiger partial charge in [-0.3, -0.25) is 0 Å². The predicted octanol–water partition coefficient (Wildman–Crippen LogP) is 1.27. The lowest BCUT2D eigenvalue weighted by atomic mass is 10.3. The number of methoxy groups -OCH3 is 2. The van der Waals surface area contributed by atoms with Gasteiger partial charge >= 0.3 is 0 Å². The third-order valence-electron chi connectivity index (χ3n) is 2.03. The van der Waals surface area contributed by atoms with Crippen LogP contribution in [0.4, 0.5) is 0 Å². The number of sulfonamides is 1. The molecule has 1 aromatic rings. The second kappa shape index (κ2) is 6.20. The van der Waals surface area contributed by atoms with Gasteiger partial charge in [-0.1, -0.05) is 11.6 Å².